The standard InChI is InChI=1S/C2H7BFNP/c1-2-6-3-5-4/h5-6H,2H2,1H3. The highest BCUT2D eigenvalue weighted by molar-refractivity contribution is 7.70. The lowest BCUT2D eigenvalue weighted by molar-refractivity contribution is 0.453. The lowest BCUT2D eigenvalue weighted by Gasteiger charge is -1.83. The van der Waals surface area contributed by atoms with Crippen molar-refractivity contribution in [1.29, 1.82) is 0 Å². The summed E-state index contributed by atoms with van der Waals surface area (Å²) in [6, 6.07) is 0. The minimum absolute atomic E-state index is 0.604. The van der Waals surface area contributed by atoms with Crippen LogP contribution in [0.3, 0.4) is 0 Å². The quantitative estimate of drug-likeness (QED) is 0.241. The van der Waals surface area contributed by atoms with Crippen LogP contribution in [0.15, 0.2) is 0 Å². The lowest BCUT2D eigenvalue weighted by atomic mass is 10.5. The second-order valence-electron chi connectivity index (χ2n) is 0.811. The number of rotatable bonds is 3. The van der Waals surface area contributed by atoms with Gasteiger partial charge in [0.25, 0.3) is 7.13 Å². The second kappa shape index (κ2) is 5.38. The number of nitrogens with one attached hydrogen (secondary N) is 1. The zero-order chi connectivity index (χ0) is 4.83. The van der Waals surface area contributed by atoms with Gasteiger partial charge in [-0.3, -0.25) is 0 Å². The maximum absolute atomic E-state index is 10.9. The van der Waals surface area contributed by atoms with Gasteiger partial charge in [0.1, 0.15) is 0 Å². The Balaban J connectivity index is 2.34. The van der Waals surface area contributed by atoms with Crippen LogP contribution < -0.4 is 5.45 Å². The van der Waals surface area contributed by atoms with E-state index in [0.717, 1.165) is 6.16 Å². The topological polar surface area (TPSA) is 12.0 Å². The third-order valence-electron chi connectivity index (χ3n) is 0.361. The molecular weight excluding hydrogens is 98.8 g/mol. The predicted molar refractivity (Wildman–Crippen MR) is 28.9 cm³/mol. The Morgan fingerprint density at radius 2 is 2.67 bits per heavy atom. The van der Waals surface area contributed by atoms with Gasteiger partial charge in [0, 0.05) is 0 Å². The molecule has 0 aliphatic heterocycles. The molecule has 0 aliphatic carbocycles. The van der Waals surface area contributed by atoms with Gasteiger partial charge in [-0.25, -0.2) is 5.45 Å². The molecule has 0 saturated carbocycles. The molecule has 0 aromatic rings. The van der Waals surface area contributed by atoms with Crippen LogP contribution >= 0.6 is 8.46 Å². The molecule has 0 aromatic carbocycles. The summed E-state index contributed by atoms with van der Waals surface area (Å²) >= 11 is 0. The third kappa shape index (κ3) is 4.38. The molecule has 0 aromatic heterocycles. The first-order chi connectivity index (χ1) is 2.91. The van der Waals surface area contributed by atoms with E-state index in [1.165, 1.54) is 12.6 Å². The number of hydrogen-bond acceptors (Lipinski definition) is 1. The largest absolute Gasteiger partial charge is 0.278 e. The van der Waals surface area contributed by atoms with Gasteiger partial charge in [-0.1, -0.05) is 6.92 Å². The molecule has 4 heteroatoms. The summed E-state index contributed by atoms with van der Waals surface area (Å²) in [5.74, 6) is 0. The monoisotopic (exact) mass is 106 g/mol. The van der Waals surface area contributed by atoms with Crippen molar-refractivity contribution in [2.24, 2.45) is 0 Å². The van der Waals surface area contributed by atoms with E-state index < -0.39 is 0 Å². The van der Waals surface area contributed by atoms with Crippen LogP contribution in [0.1, 0.15) is 6.92 Å². The molecule has 0 heterocycles. The van der Waals surface area contributed by atoms with E-state index in [-0.39, 0.29) is 0 Å². The molecule has 0 amide bonds. The van der Waals surface area contributed by atoms with Crippen LogP contribution in [0.5, 0.6) is 0 Å². The predicted octanol–water partition coefficient (Wildman–Crippen LogP) is 0.693. The van der Waals surface area contributed by atoms with E-state index in [1.807, 2.05) is 6.92 Å². The Bertz CT molecular complexity index is 25.5. The van der Waals surface area contributed by atoms with E-state index in [2.05, 4.69) is 0 Å². The summed E-state index contributed by atoms with van der Waals surface area (Å²) in [7, 11) is 2.02. The maximum atomic E-state index is 10.9. The SMILES string of the molecule is CCP[B]NF. The maximum Gasteiger partial charge on any atom is 0.278 e. The fourth-order valence-electron chi connectivity index (χ4n) is 0.141. The molecule has 0 saturated heterocycles. The van der Waals surface area contributed by atoms with Crippen molar-refractivity contribution in [2.45, 2.75) is 6.92 Å². The molecule has 1 nitrogen and oxygen atoms in total. The van der Waals surface area contributed by atoms with Crippen molar-refractivity contribution in [1.82, 2.24) is 5.45 Å². The normalized spacial score (nSPS) is 10.3. The molecule has 1 unspecified atom stereocenters. The average Bonchev–Trinajstić information content (AvgIpc) is 1.61. The van der Waals surface area contributed by atoms with Gasteiger partial charge in [0.2, 0.25) is 0 Å². The van der Waals surface area contributed by atoms with E-state index >= 15 is 0 Å². The van der Waals surface area contributed by atoms with Crippen molar-refractivity contribution in [3.05, 3.63) is 0 Å². The van der Waals surface area contributed by atoms with E-state index in [4.69, 9.17) is 0 Å². The highest BCUT2D eigenvalue weighted by Crippen LogP contribution is 2.00. The molecule has 1 N–H and O–H groups in total. The number of halogens is 1. The molecule has 6 heavy (non-hydrogen) atoms. The van der Waals surface area contributed by atoms with Crippen LogP contribution in [0.4, 0.5) is 4.48 Å². The fraction of sp³-hybridized carbons (Fsp3) is 1.00. The lowest BCUT2D eigenvalue weighted by Crippen LogP contribution is -2.00. The average molecular weight is 106 g/mol. The molecule has 0 aliphatic rings. The van der Waals surface area contributed by atoms with Crippen LogP contribution in [0.25, 0.3) is 0 Å². The fourth-order valence-corrected chi connectivity index (χ4v) is 0.422. The molecule has 0 spiro atoms. The molecular formula is C2H7BFNP. The van der Waals surface area contributed by atoms with E-state index in [1.54, 1.807) is 0 Å². The first-order valence-corrected chi connectivity index (χ1v) is 3.11. The van der Waals surface area contributed by atoms with Crippen molar-refractivity contribution < 1.29 is 4.48 Å². The Morgan fingerprint density at radius 3 is 2.83 bits per heavy atom. The Hall–Kier alpha value is 0.385. The van der Waals surface area contributed by atoms with Crippen molar-refractivity contribution in [2.75, 3.05) is 6.16 Å². The smallest absolute Gasteiger partial charge is 0.203 e. The molecule has 35 valence electrons. The minimum atomic E-state index is 0.604. The summed E-state index contributed by atoms with van der Waals surface area (Å²) in [6.45, 7) is 2.01. The van der Waals surface area contributed by atoms with Crippen LogP contribution in [-0.4, -0.2) is 13.3 Å². The van der Waals surface area contributed by atoms with Crippen molar-refractivity contribution >= 4 is 15.6 Å². The number of hydrogen-bond donors (Lipinski definition) is 1. The summed E-state index contributed by atoms with van der Waals surface area (Å²) in [5, 5.41) is 0. The minimum Gasteiger partial charge on any atom is -0.203 e. The van der Waals surface area contributed by atoms with Crippen LogP contribution in [0.2, 0.25) is 0 Å². The van der Waals surface area contributed by atoms with Crippen LogP contribution in [-0.2, 0) is 0 Å². The highest BCUT2D eigenvalue weighted by Gasteiger charge is 1.80. The molecule has 0 rings (SSSR count). The Morgan fingerprint density at radius 1 is 2.00 bits per heavy atom. The van der Waals surface area contributed by atoms with E-state index in [9.17, 15) is 4.48 Å². The van der Waals surface area contributed by atoms with Crippen molar-refractivity contribution in [3.63, 3.8) is 0 Å². The molecule has 0 fully saturated rings. The first kappa shape index (κ1) is 6.38. The zero-order valence-electron chi connectivity index (χ0n) is 3.66. The van der Waals surface area contributed by atoms with Crippen molar-refractivity contribution in [3.8, 4) is 0 Å². The summed E-state index contributed by atoms with van der Waals surface area (Å²) in [5.41, 5.74) is 1.46. The van der Waals surface area contributed by atoms with Gasteiger partial charge in [0.15, 0.2) is 0 Å². The molecule has 1 radical (unpaired) electrons. The third-order valence-corrected chi connectivity index (χ3v) is 1.08. The van der Waals surface area contributed by atoms with Gasteiger partial charge in [-0.2, -0.15) is 4.48 Å². The van der Waals surface area contributed by atoms with Gasteiger partial charge in [0.05, 0.1) is 0 Å². The Labute approximate surface area is 39.6 Å². The summed E-state index contributed by atoms with van der Waals surface area (Å²) in [4.78, 5) is 0. The van der Waals surface area contributed by atoms with Gasteiger partial charge < -0.3 is 0 Å². The summed E-state index contributed by atoms with van der Waals surface area (Å²) in [6.07, 6.45) is 1.02. The summed E-state index contributed by atoms with van der Waals surface area (Å²) < 4.78 is 10.9. The van der Waals surface area contributed by atoms with E-state index in [0.29, 0.717) is 8.46 Å². The van der Waals surface area contributed by atoms with Gasteiger partial charge in [-0.05, 0) is 6.16 Å². The van der Waals surface area contributed by atoms with Crippen LogP contribution in [0, 0.1) is 0 Å². The zero-order valence-corrected chi connectivity index (χ0v) is 4.66. The van der Waals surface area contributed by atoms with Gasteiger partial charge >= 0.3 is 0 Å². The Kier molecular flexibility index (Phi) is 5.73. The molecule has 0 bridgehead atoms. The highest BCUT2D eigenvalue weighted by atomic mass is 31.1. The molecule has 1 atom stereocenters. The second-order valence-corrected chi connectivity index (χ2v) is 2.22. The van der Waals surface area contributed by atoms with Gasteiger partial charge in [-0.15, -0.1) is 8.46 Å². The first-order valence-electron chi connectivity index (χ1n) is 1.83.